The molecule has 0 aliphatic carbocycles. The summed E-state index contributed by atoms with van der Waals surface area (Å²) in [5.74, 6) is 0. The monoisotopic (exact) mass is 334 g/mol. The third kappa shape index (κ3) is 3.96. The first-order valence-corrected chi connectivity index (χ1v) is 8.39. The van der Waals surface area contributed by atoms with Crippen molar-refractivity contribution in [3.63, 3.8) is 0 Å². The normalized spacial score (nSPS) is 13.9. The lowest BCUT2D eigenvalue weighted by Crippen LogP contribution is -2.21. The van der Waals surface area contributed by atoms with Crippen molar-refractivity contribution in [2.75, 3.05) is 5.73 Å². The predicted molar refractivity (Wildman–Crippen MR) is 95.8 cm³/mol. The van der Waals surface area contributed by atoms with Crippen molar-refractivity contribution in [2.24, 2.45) is 4.40 Å². The zero-order chi connectivity index (χ0) is 16.3. The Morgan fingerprint density at radius 3 is 2.36 bits per heavy atom. The van der Waals surface area contributed by atoms with Gasteiger partial charge in [0.15, 0.2) is 0 Å². The van der Waals surface area contributed by atoms with Crippen LogP contribution in [-0.4, -0.2) is 14.7 Å². The zero-order valence-electron chi connectivity index (χ0n) is 12.8. The summed E-state index contributed by atoms with van der Waals surface area (Å²) in [5.41, 5.74) is 8.77. The fourth-order valence-electron chi connectivity index (χ4n) is 1.81. The molecule has 1 atom stereocenters. The van der Waals surface area contributed by atoms with Gasteiger partial charge in [0.1, 0.15) is 11.0 Å². The second-order valence-corrected chi connectivity index (χ2v) is 8.24. The summed E-state index contributed by atoms with van der Waals surface area (Å²) in [6.07, 6.45) is 0. The number of rotatable bonds is 3. The smallest absolute Gasteiger partial charge is 0.145 e. The molecule has 5 heteroatoms. The zero-order valence-corrected chi connectivity index (χ0v) is 14.4. The van der Waals surface area contributed by atoms with E-state index in [-0.39, 0.29) is 0 Å². The third-order valence-electron chi connectivity index (χ3n) is 3.02. The van der Waals surface area contributed by atoms with Gasteiger partial charge in [0.05, 0.1) is 10.5 Å². The summed E-state index contributed by atoms with van der Waals surface area (Å²) in [7, 11) is -1.39. The first-order chi connectivity index (χ1) is 10.3. The van der Waals surface area contributed by atoms with Crippen LogP contribution in [0, 0.1) is 0 Å². The molecule has 3 nitrogen and oxygen atoms in total. The van der Waals surface area contributed by atoms with Crippen LogP contribution in [0.15, 0.2) is 52.9 Å². The maximum Gasteiger partial charge on any atom is 0.145 e. The van der Waals surface area contributed by atoms with Crippen LogP contribution in [0.25, 0.3) is 0 Å². The molecular weight excluding hydrogens is 316 g/mol. The van der Waals surface area contributed by atoms with Gasteiger partial charge in [-0.05, 0) is 39.0 Å². The Hall–Kier alpha value is -1.65. The van der Waals surface area contributed by atoms with E-state index < -0.39 is 15.7 Å². The predicted octanol–water partition coefficient (Wildman–Crippen LogP) is 4.22. The van der Waals surface area contributed by atoms with Crippen LogP contribution in [0.2, 0.25) is 5.02 Å². The molecule has 22 heavy (non-hydrogen) atoms. The molecule has 2 aromatic carbocycles. The molecule has 0 aromatic heterocycles. The minimum Gasteiger partial charge on any atom is -0.398 e. The van der Waals surface area contributed by atoms with Crippen molar-refractivity contribution in [3.8, 4) is 0 Å². The summed E-state index contributed by atoms with van der Waals surface area (Å²) < 4.78 is 16.5. The Bertz CT molecular complexity index is 721. The molecule has 0 unspecified atom stereocenters. The van der Waals surface area contributed by atoms with E-state index in [1.807, 2.05) is 51.1 Å². The number of nitrogen functional groups attached to an aromatic ring is 1. The molecule has 0 fully saturated rings. The van der Waals surface area contributed by atoms with E-state index >= 15 is 0 Å². The number of nitrogens with two attached hydrogens (primary N) is 1. The van der Waals surface area contributed by atoms with E-state index in [2.05, 4.69) is 4.40 Å². The lowest BCUT2D eigenvalue weighted by atomic mass is 10.0. The number of hydrogen-bond acceptors (Lipinski definition) is 2. The minimum absolute atomic E-state index is 0.451. The van der Waals surface area contributed by atoms with E-state index in [1.165, 1.54) is 0 Å². The highest BCUT2D eigenvalue weighted by Gasteiger charge is 2.21. The highest BCUT2D eigenvalue weighted by Crippen LogP contribution is 2.24. The second kappa shape index (κ2) is 6.63. The van der Waals surface area contributed by atoms with E-state index in [0.29, 0.717) is 22.0 Å². The first kappa shape index (κ1) is 16.7. The second-order valence-electron chi connectivity index (χ2n) is 5.90. The van der Waals surface area contributed by atoms with Gasteiger partial charge in [-0.1, -0.05) is 41.9 Å². The van der Waals surface area contributed by atoms with Crippen molar-refractivity contribution >= 4 is 34.0 Å². The van der Waals surface area contributed by atoms with Gasteiger partial charge >= 0.3 is 0 Å². The number of benzene rings is 2. The molecule has 0 saturated heterocycles. The van der Waals surface area contributed by atoms with Crippen molar-refractivity contribution in [2.45, 2.75) is 25.5 Å². The molecule has 0 heterocycles. The van der Waals surface area contributed by atoms with Gasteiger partial charge < -0.3 is 5.73 Å². The quantitative estimate of drug-likeness (QED) is 0.674. The summed E-state index contributed by atoms with van der Waals surface area (Å²) in [6.45, 7) is 5.66. The van der Waals surface area contributed by atoms with Gasteiger partial charge in [0, 0.05) is 21.8 Å². The Labute approximate surface area is 138 Å². The summed E-state index contributed by atoms with van der Waals surface area (Å²) in [4.78, 5) is 0. The molecule has 0 amide bonds. The Morgan fingerprint density at radius 2 is 1.77 bits per heavy atom. The van der Waals surface area contributed by atoms with Gasteiger partial charge in [0.25, 0.3) is 0 Å². The van der Waals surface area contributed by atoms with E-state index in [4.69, 9.17) is 17.3 Å². The molecule has 0 bridgehead atoms. The molecule has 0 saturated carbocycles. The van der Waals surface area contributed by atoms with Gasteiger partial charge in [-0.25, -0.2) is 4.21 Å². The SMILES string of the molecule is CC(C)(C)[S@](=O)N=C(c1ccccc1)c1cc(Cl)ccc1N. The van der Waals surface area contributed by atoms with Gasteiger partial charge in [0.2, 0.25) is 0 Å². The standard InChI is InChI=1S/C17H19ClN2OS/c1-17(2,3)22(21)20-16(12-7-5-4-6-8-12)14-11-13(18)9-10-15(14)19/h4-11H,19H2,1-3H3/t22-/m0/s1. The van der Waals surface area contributed by atoms with Crippen LogP contribution >= 0.6 is 11.6 Å². The fourth-order valence-corrected chi connectivity index (χ4v) is 2.62. The number of hydrogen-bond donors (Lipinski definition) is 1. The summed E-state index contributed by atoms with van der Waals surface area (Å²) >= 11 is 6.09. The van der Waals surface area contributed by atoms with E-state index in [9.17, 15) is 4.21 Å². The van der Waals surface area contributed by atoms with Crippen LogP contribution in [-0.2, 0) is 11.0 Å². The lowest BCUT2D eigenvalue weighted by molar-refractivity contribution is 0.650. The molecule has 2 aromatic rings. The molecule has 2 rings (SSSR count). The average Bonchev–Trinajstić information content (AvgIpc) is 2.47. The molecule has 0 aliphatic rings. The van der Waals surface area contributed by atoms with E-state index in [1.54, 1.807) is 18.2 Å². The Morgan fingerprint density at radius 1 is 1.14 bits per heavy atom. The minimum atomic E-state index is -1.39. The highest BCUT2D eigenvalue weighted by atomic mass is 35.5. The van der Waals surface area contributed by atoms with Crippen LogP contribution in [0.1, 0.15) is 31.9 Å². The van der Waals surface area contributed by atoms with E-state index in [0.717, 1.165) is 5.56 Å². The summed E-state index contributed by atoms with van der Waals surface area (Å²) in [6, 6.07) is 14.8. The fraction of sp³-hybridized carbons (Fsp3) is 0.235. The topological polar surface area (TPSA) is 55.5 Å². The van der Waals surface area contributed by atoms with Crippen LogP contribution < -0.4 is 5.73 Å². The van der Waals surface area contributed by atoms with Crippen LogP contribution in [0.5, 0.6) is 0 Å². The summed E-state index contributed by atoms with van der Waals surface area (Å²) in [5, 5.41) is 0.564. The van der Waals surface area contributed by atoms with Crippen molar-refractivity contribution in [1.29, 1.82) is 0 Å². The van der Waals surface area contributed by atoms with Crippen LogP contribution in [0.4, 0.5) is 5.69 Å². The number of halogens is 1. The molecule has 2 N–H and O–H groups in total. The first-order valence-electron chi connectivity index (χ1n) is 6.90. The van der Waals surface area contributed by atoms with Gasteiger partial charge in [-0.3, -0.25) is 0 Å². The number of nitrogens with zero attached hydrogens (tertiary/aromatic N) is 1. The highest BCUT2D eigenvalue weighted by molar-refractivity contribution is 7.85. The van der Waals surface area contributed by atoms with Crippen molar-refractivity contribution < 1.29 is 4.21 Å². The molecule has 0 spiro atoms. The Balaban J connectivity index is 2.64. The van der Waals surface area contributed by atoms with Crippen molar-refractivity contribution in [1.82, 2.24) is 0 Å². The number of anilines is 1. The largest absolute Gasteiger partial charge is 0.398 e. The van der Waals surface area contributed by atoms with Gasteiger partial charge in [-0.2, -0.15) is 4.40 Å². The Kier molecular flexibility index (Phi) is 5.04. The maximum atomic E-state index is 12.5. The average molecular weight is 335 g/mol. The molecular formula is C17H19ClN2OS. The van der Waals surface area contributed by atoms with Crippen LogP contribution in [0.3, 0.4) is 0 Å². The maximum absolute atomic E-state index is 12.5. The molecule has 116 valence electrons. The van der Waals surface area contributed by atoms with Gasteiger partial charge in [-0.15, -0.1) is 0 Å². The molecule has 0 aliphatic heterocycles. The lowest BCUT2D eigenvalue weighted by Gasteiger charge is -2.16. The third-order valence-corrected chi connectivity index (χ3v) is 4.65. The molecule has 0 radical (unpaired) electrons. The van der Waals surface area contributed by atoms with Crippen molar-refractivity contribution in [3.05, 3.63) is 64.7 Å².